The monoisotopic (exact) mass is 332 g/mol. The van der Waals surface area contributed by atoms with Crippen LogP contribution in [0.2, 0.25) is 0 Å². The van der Waals surface area contributed by atoms with Crippen molar-refractivity contribution in [3.63, 3.8) is 0 Å². The summed E-state index contributed by atoms with van der Waals surface area (Å²) in [6.07, 6.45) is 2.98. The van der Waals surface area contributed by atoms with Gasteiger partial charge >= 0.3 is 6.03 Å². The molecule has 0 atom stereocenters. The maximum Gasteiger partial charge on any atom is 0.317 e. The Kier molecular flexibility index (Phi) is 7.06. The van der Waals surface area contributed by atoms with Crippen LogP contribution < -0.4 is 10.6 Å². The van der Waals surface area contributed by atoms with E-state index in [1.165, 1.54) is 10.5 Å². The Hall–Kier alpha value is -2.08. The van der Waals surface area contributed by atoms with Gasteiger partial charge in [0.25, 0.3) is 0 Å². The highest BCUT2D eigenvalue weighted by Gasteiger charge is 2.20. The first-order valence-electron chi connectivity index (χ1n) is 8.55. The topological polar surface area (TPSA) is 64.7 Å². The van der Waals surface area contributed by atoms with Crippen LogP contribution in [0.3, 0.4) is 0 Å². The molecule has 24 heavy (non-hydrogen) atoms. The molecule has 6 nitrogen and oxygen atoms in total. The third-order valence-electron chi connectivity index (χ3n) is 4.32. The zero-order valence-electron chi connectivity index (χ0n) is 14.6. The summed E-state index contributed by atoms with van der Waals surface area (Å²) in [5.41, 5.74) is 1.37. The number of rotatable bonds is 6. The Morgan fingerprint density at radius 1 is 1.17 bits per heavy atom. The zero-order chi connectivity index (χ0) is 17.4. The minimum absolute atomic E-state index is 0.0330. The van der Waals surface area contributed by atoms with Gasteiger partial charge in [0.15, 0.2) is 0 Å². The van der Waals surface area contributed by atoms with E-state index in [0.29, 0.717) is 0 Å². The van der Waals surface area contributed by atoms with Crippen LogP contribution in [0.25, 0.3) is 0 Å². The van der Waals surface area contributed by atoms with Crippen molar-refractivity contribution in [1.29, 1.82) is 0 Å². The molecule has 0 unspecified atom stereocenters. The van der Waals surface area contributed by atoms with Crippen molar-refractivity contribution in [3.05, 3.63) is 35.9 Å². The molecule has 0 saturated carbocycles. The number of piperidine rings is 1. The van der Waals surface area contributed by atoms with Crippen LogP contribution >= 0.6 is 0 Å². The predicted octanol–water partition coefficient (Wildman–Crippen LogP) is 1.08. The molecular weight excluding hydrogens is 304 g/mol. The maximum absolute atomic E-state index is 11.9. The first-order valence-corrected chi connectivity index (χ1v) is 8.55. The molecule has 3 amide bonds. The molecule has 1 aliphatic heterocycles. The third-order valence-corrected chi connectivity index (χ3v) is 4.32. The number of nitrogens with one attached hydrogen (secondary N) is 2. The number of carbonyl (C=O) groups excluding carboxylic acids is 2. The molecule has 1 heterocycles. The molecule has 6 heteroatoms. The summed E-state index contributed by atoms with van der Waals surface area (Å²) in [6.45, 7) is 3.10. The predicted molar refractivity (Wildman–Crippen MR) is 94.8 cm³/mol. The summed E-state index contributed by atoms with van der Waals surface area (Å²) in [5, 5.41) is 5.59. The standard InChI is InChI=1S/C18H28N4O2/c1-21(2)18(24)19-14-17(23)20-16-9-12-22(13-10-16)11-8-15-6-4-3-5-7-15/h3-7,16H,8-14H2,1-2H3,(H,19,24)(H,20,23). The van der Waals surface area contributed by atoms with Gasteiger partial charge in [-0.2, -0.15) is 0 Å². The number of hydrogen-bond donors (Lipinski definition) is 2. The number of benzene rings is 1. The van der Waals surface area contributed by atoms with E-state index in [0.717, 1.165) is 38.9 Å². The van der Waals surface area contributed by atoms with Crippen LogP contribution in [0.1, 0.15) is 18.4 Å². The summed E-state index contributed by atoms with van der Waals surface area (Å²) in [7, 11) is 3.30. The summed E-state index contributed by atoms with van der Waals surface area (Å²) in [5.74, 6) is -0.118. The van der Waals surface area contributed by atoms with Gasteiger partial charge in [-0.1, -0.05) is 30.3 Å². The van der Waals surface area contributed by atoms with Gasteiger partial charge in [0.05, 0.1) is 6.54 Å². The van der Waals surface area contributed by atoms with Crippen molar-refractivity contribution >= 4 is 11.9 Å². The van der Waals surface area contributed by atoms with Gasteiger partial charge in [-0.15, -0.1) is 0 Å². The lowest BCUT2D eigenvalue weighted by Gasteiger charge is -2.32. The highest BCUT2D eigenvalue weighted by molar-refractivity contribution is 5.83. The lowest BCUT2D eigenvalue weighted by molar-refractivity contribution is -0.121. The van der Waals surface area contributed by atoms with Crippen molar-refractivity contribution in [2.75, 3.05) is 40.3 Å². The second kappa shape index (κ2) is 9.27. The van der Waals surface area contributed by atoms with Crippen LogP contribution in [-0.4, -0.2) is 68.1 Å². The SMILES string of the molecule is CN(C)C(=O)NCC(=O)NC1CCN(CCc2ccccc2)CC1. The minimum Gasteiger partial charge on any atom is -0.352 e. The molecule has 0 bridgehead atoms. The Morgan fingerprint density at radius 3 is 2.46 bits per heavy atom. The molecule has 1 aromatic rings. The highest BCUT2D eigenvalue weighted by Crippen LogP contribution is 2.11. The van der Waals surface area contributed by atoms with E-state index >= 15 is 0 Å². The largest absolute Gasteiger partial charge is 0.352 e. The fourth-order valence-electron chi connectivity index (χ4n) is 2.83. The number of likely N-dealkylation sites (tertiary alicyclic amines) is 1. The molecular formula is C18H28N4O2. The third kappa shape index (κ3) is 6.20. The highest BCUT2D eigenvalue weighted by atomic mass is 16.2. The van der Waals surface area contributed by atoms with E-state index in [2.05, 4.69) is 39.8 Å². The van der Waals surface area contributed by atoms with Gasteiger partial charge in [-0.25, -0.2) is 4.79 Å². The summed E-state index contributed by atoms with van der Waals surface area (Å²) < 4.78 is 0. The smallest absolute Gasteiger partial charge is 0.317 e. The van der Waals surface area contributed by atoms with Crippen LogP contribution in [0, 0.1) is 0 Å². The molecule has 1 saturated heterocycles. The lowest BCUT2D eigenvalue weighted by Crippen LogP contribution is -2.48. The average molecular weight is 332 g/mol. The molecule has 2 N–H and O–H groups in total. The van der Waals surface area contributed by atoms with Gasteiger partial charge in [0.2, 0.25) is 5.91 Å². The molecule has 2 rings (SSSR count). The quantitative estimate of drug-likeness (QED) is 0.819. The van der Waals surface area contributed by atoms with Gasteiger partial charge in [0.1, 0.15) is 0 Å². The fraction of sp³-hybridized carbons (Fsp3) is 0.556. The molecule has 0 spiro atoms. The first-order chi connectivity index (χ1) is 11.5. The normalized spacial score (nSPS) is 15.8. The molecule has 132 valence electrons. The number of urea groups is 1. The van der Waals surface area contributed by atoms with E-state index in [9.17, 15) is 9.59 Å². The molecule has 1 fully saturated rings. The number of hydrogen-bond acceptors (Lipinski definition) is 3. The Labute approximate surface area is 144 Å². The van der Waals surface area contributed by atoms with Crippen molar-refractivity contribution in [1.82, 2.24) is 20.4 Å². The van der Waals surface area contributed by atoms with Crippen molar-refractivity contribution in [2.45, 2.75) is 25.3 Å². The van der Waals surface area contributed by atoms with E-state index < -0.39 is 0 Å². The Bertz CT molecular complexity index is 525. The van der Waals surface area contributed by atoms with Gasteiger partial charge in [-0.3, -0.25) is 4.79 Å². The van der Waals surface area contributed by atoms with Crippen molar-refractivity contribution < 1.29 is 9.59 Å². The van der Waals surface area contributed by atoms with Gasteiger partial charge < -0.3 is 20.4 Å². The molecule has 0 aliphatic carbocycles. The van der Waals surface area contributed by atoms with Crippen LogP contribution in [-0.2, 0) is 11.2 Å². The summed E-state index contributed by atoms with van der Waals surface area (Å²) in [4.78, 5) is 27.1. The van der Waals surface area contributed by atoms with Crippen LogP contribution in [0.15, 0.2) is 30.3 Å². The average Bonchev–Trinajstić information content (AvgIpc) is 2.60. The number of amides is 3. The molecule has 1 aliphatic rings. The summed E-state index contributed by atoms with van der Waals surface area (Å²) >= 11 is 0. The maximum atomic E-state index is 11.9. The molecule has 0 aromatic heterocycles. The molecule has 0 radical (unpaired) electrons. The van der Waals surface area contributed by atoms with E-state index in [1.54, 1.807) is 14.1 Å². The molecule has 1 aromatic carbocycles. The van der Waals surface area contributed by atoms with Crippen LogP contribution in [0.5, 0.6) is 0 Å². The van der Waals surface area contributed by atoms with Crippen LogP contribution in [0.4, 0.5) is 4.79 Å². The zero-order valence-corrected chi connectivity index (χ0v) is 14.6. The fourth-order valence-corrected chi connectivity index (χ4v) is 2.83. The van der Waals surface area contributed by atoms with Crippen molar-refractivity contribution in [2.24, 2.45) is 0 Å². The second-order valence-corrected chi connectivity index (χ2v) is 6.47. The van der Waals surface area contributed by atoms with E-state index in [-0.39, 0.29) is 24.5 Å². The van der Waals surface area contributed by atoms with E-state index in [1.807, 2.05) is 6.07 Å². The minimum atomic E-state index is -0.249. The lowest BCUT2D eigenvalue weighted by atomic mass is 10.0. The Morgan fingerprint density at radius 2 is 1.83 bits per heavy atom. The van der Waals surface area contributed by atoms with Gasteiger partial charge in [0, 0.05) is 39.8 Å². The Balaban J connectivity index is 1.62. The second-order valence-electron chi connectivity index (χ2n) is 6.47. The first kappa shape index (κ1) is 18.3. The number of carbonyl (C=O) groups is 2. The van der Waals surface area contributed by atoms with Gasteiger partial charge in [-0.05, 0) is 24.8 Å². The van der Waals surface area contributed by atoms with Crippen molar-refractivity contribution in [3.8, 4) is 0 Å². The number of nitrogens with zero attached hydrogens (tertiary/aromatic N) is 2. The van der Waals surface area contributed by atoms with E-state index in [4.69, 9.17) is 0 Å². The summed E-state index contributed by atoms with van der Waals surface area (Å²) in [6, 6.07) is 10.5.